The SMILES string of the molecule is C#Cc1ccc(C(C(=O)Nc2ccc(OC)cc2)N(CCCCCC)C(=O)C(NC(=O)OC(C)(C)C)C(C)CC)cc1. The number of ether oxygens (including phenoxy) is 2. The van der Waals surface area contributed by atoms with E-state index in [0.29, 0.717) is 42.0 Å². The van der Waals surface area contributed by atoms with Gasteiger partial charge in [-0.15, -0.1) is 6.42 Å². The van der Waals surface area contributed by atoms with E-state index in [1.807, 2.05) is 13.8 Å². The van der Waals surface area contributed by atoms with Gasteiger partial charge in [-0.25, -0.2) is 4.79 Å². The van der Waals surface area contributed by atoms with E-state index >= 15 is 0 Å². The van der Waals surface area contributed by atoms with Gasteiger partial charge >= 0.3 is 6.09 Å². The molecular formula is C34H47N3O5. The molecule has 0 aliphatic rings. The Bertz CT molecular complexity index is 1200. The summed E-state index contributed by atoms with van der Waals surface area (Å²) < 4.78 is 10.7. The number of methoxy groups -OCH3 is 1. The van der Waals surface area contributed by atoms with Crippen LogP contribution < -0.4 is 15.4 Å². The highest BCUT2D eigenvalue weighted by molar-refractivity contribution is 5.99. The first kappa shape index (κ1) is 34.2. The number of terminal acetylenes is 1. The van der Waals surface area contributed by atoms with Gasteiger partial charge in [0.2, 0.25) is 5.91 Å². The number of nitrogens with zero attached hydrogens (tertiary/aromatic N) is 1. The van der Waals surface area contributed by atoms with E-state index in [2.05, 4.69) is 23.5 Å². The largest absolute Gasteiger partial charge is 0.497 e. The predicted molar refractivity (Wildman–Crippen MR) is 167 cm³/mol. The molecular weight excluding hydrogens is 530 g/mol. The molecule has 8 nitrogen and oxygen atoms in total. The minimum Gasteiger partial charge on any atom is -0.497 e. The van der Waals surface area contributed by atoms with E-state index in [1.165, 1.54) is 0 Å². The minimum atomic E-state index is -0.972. The molecule has 0 saturated carbocycles. The Balaban J connectivity index is 2.56. The van der Waals surface area contributed by atoms with Gasteiger partial charge in [0.1, 0.15) is 23.4 Å². The maximum Gasteiger partial charge on any atom is 0.408 e. The number of anilines is 1. The fourth-order valence-electron chi connectivity index (χ4n) is 4.49. The Kier molecular flexibility index (Phi) is 13.4. The van der Waals surface area contributed by atoms with Crippen LogP contribution in [0, 0.1) is 18.3 Å². The summed E-state index contributed by atoms with van der Waals surface area (Å²) in [5.41, 5.74) is 1.11. The first-order valence-corrected chi connectivity index (χ1v) is 14.8. The lowest BCUT2D eigenvalue weighted by molar-refractivity contribution is -0.142. The zero-order chi connectivity index (χ0) is 31.3. The normalized spacial score (nSPS) is 13.2. The molecule has 0 aromatic heterocycles. The molecule has 2 aromatic rings. The highest BCUT2D eigenvalue weighted by Crippen LogP contribution is 2.28. The molecule has 8 heteroatoms. The zero-order valence-electron chi connectivity index (χ0n) is 26.2. The van der Waals surface area contributed by atoms with Crippen LogP contribution in [0.2, 0.25) is 0 Å². The molecule has 0 aliphatic heterocycles. The summed E-state index contributed by atoms with van der Waals surface area (Å²) in [7, 11) is 1.57. The molecule has 0 spiro atoms. The van der Waals surface area contributed by atoms with E-state index in [4.69, 9.17) is 15.9 Å². The van der Waals surface area contributed by atoms with E-state index in [0.717, 1.165) is 19.3 Å². The molecule has 3 amide bonds. The first-order chi connectivity index (χ1) is 19.9. The number of hydrogen-bond acceptors (Lipinski definition) is 5. The van der Waals surface area contributed by atoms with E-state index in [-0.39, 0.29) is 17.7 Å². The van der Waals surface area contributed by atoms with Gasteiger partial charge in [-0.3, -0.25) is 9.59 Å². The summed E-state index contributed by atoms with van der Waals surface area (Å²) in [6, 6.07) is 12.2. The minimum absolute atomic E-state index is 0.211. The van der Waals surface area contributed by atoms with Crippen molar-refractivity contribution in [2.24, 2.45) is 5.92 Å². The van der Waals surface area contributed by atoms with Gasteiger partial charge in [0, 0.05) is 17.8 Å². The molecule has 3 atom stereocenters. The second kappa shape index (κ2) is 16.5. The Morgan fingerprint density at radius 3 is 2.14 bits per heavy atom. The van der Waals surface area contributed by atoms with Crippen molar-refractivity contribution in [2.75, 3.05) is 19.0 Å². The monoisotopic (exact) mass is 577 g/mol. The maximum absolute atomic E-state index is 14.4. The third kappa shape index (κ3) is 10.4. The number of benzene rings is 2. The molecule has 0 aliphatic carbocycles. The van der Waals surface area contributed by atoms with Crippen LogP contribution in [0.3, 0.4) is 0 Å². The lowest BCUT2D eigenvalue weighted by Gasteiger charge is -2.36. The van der Waals surface area contributed by atoms with Gasteiger partial charge in [-0.1, -0.05) is 64.5 Å². The van der Waals surface area contributed by atoms with E-state index in [9.17, 15) is 14.4 Å². The predicted octanol–water partition coefficient (Wildman–Crippen LogP) is 6.70. The number of rotatable bonds is 14. The van der Waals surface area contributed by atoms with Crippen LogP contribution in [0.15, 0.2) is 48.5 Å². The fraction of sp³-hybridized carbons (Fsp3) is 0.500. The number of carbonyl (C=O) groups is 3. The van der Waals surface area contributed by atoms with Crippen molar-refractivity contribution in [2.45, 2.75) is 91.3 Å². The number of alkyl carbamates (subject to hydrolysis) is 1. The standard InChI is InChI=1S/C34H47N3O5/c1-9-12-13-14-23-37(32(39)29(24(4)10-2)36-33(40)42-34(5,6)7)30(26-17-15-25(11-3)16-18-26)31(38)35-27-19-21-28(41-8)22-20-27/h3,15-22,24,29-30H,9-10,12-14,23H2,1-2,4-8H3,(H,35,38)(H,36,40). The lowest BCUT2D eigenvalue weighted by Crippen LogP contribution is -2.55. The van der Waals surface area contributed by atoms with Crippen molar-refractivity contribution in [3.8, 4) is 18.1 Å². The average Bonchev–Trinajstić information content (AvgIpc) is 2.96. The highest BCUT2D eigenvalue weighted by Gasteiger charge is 2.38. The molecule has 0 heterocycles. The van der Waals surface area contributed by atoms with Crippen molar-refractivity contribution in [1.29, 1.82) is 0 Å². The van der Waals surface area contributed by atoms with Crippen LogP contribution in [0.25, 0.3) is 0 Å². The average molecular weight is 578 g/mol. The Morgan fingerprint density at radius 1 is 0.976 bits per heavy atom. The summed E-state index contributed by atoms with van der Waals surface area (Å²) in [6.07, 6.45) is 9.18. The smallest absolute Gasteiger partial charge is 0.408 e. The molecule has 2 aromatic carbocycles. The van der Waals surface area contributed by atoms with Crippen molar-refractivity contribution >= 4 is 23.6 Å². The van der Waals surface area contributed by atoms with Crippen molar-refractivity contribution in [3.05, 3.63) is 59.7 Å². The van der Waals surface area contributed by atoms with Gasteiger partial charge in [-0.05, 0) is 75.1 Å². The van der Waals surface area contributed by atoms with Crippen LogP contribution in [0.5, 0.6) is 5.75 Å². The molecule has 0 radical (unpaired) electrons. The topological polar surface area (TPSA) is 97.0 Å². The highest BCUT2D eigenvalue weighted by atomic mass is 16.6. The third-order valence-corrected chi connectivity index (χ3v) is 7.00. The first-order valence-electron chi connectivity index (χ1n) is 14.8. The third-order valence-electron chi connectivity index (χ3n) is 7.00. The fourth-order valence-corrected chi connectivity index (χ4v) is 4.49. The van der Waals surface area contributed by atoms with Crippen LogP contribution in [-0.4, -0.2) is 48.1 Å². The van der Waals surface area contributed by atoms with Gasteiger partial charge < -0.3 is 25.0 Å². The molecule has 42 heavy (non-hydrogen) atoms. The lowest BCUT2D eigenvalue weighted by atomic mass is 9.95. The van der Waals surface area contributed by atoms with Gasteiger partial charge in [0.25, 0.3) is 5.91 Å². The van der Waals surface area contributed by atoms with E-state index in [1.54, 1.807) is 81.3 Å². The molecule has 228 valence electrons. The number of carbonyl (C=O) groups excluding carboxylic acids is 3. The van der Waals surface area contributed by atoms with Gasteiger partial charge in [0.05, 0.1) is 7.11 Å². The van der Waals surface area contributed by atoms with Crippen LogP contribution in [-0.2, 0) is 14.3 Å². The number of nitrogens with one attached hydrogen (secondary N) is 2. The summed E-state index contributed by atoms with van der Waals surface area (Å²) in [5.74, 6) is 2.33. The maximum atomic E-state index is 14.4. The Hall–Kier alpha value is -3.99. The van der Waals surface area contributed by atoms with Crippen LogP contribution >= 0.6 is 0 Å². The summed E-state index contributed by atoms with van der Waals surface area (Å²) in [6.45, 7) is 11.6. The van der Waals surface area contributed by atoms with Gasteiger partial charge in [-0.2, -0.15) is 0 Å². The van der Waals surface area contributed by atoms with Crippen LogP contribution in [0.4, 0.5) is 10.5 Å². The Labute approximate surface area is 251 Å². The van der Waals surface area contributed by atoms with Gasteiger partial charge in [0.15, 0.2) is 0 Å². The van der Waals surface area contributed by atoms with Crippen molar-refractivity contribution in [3.63, 3.8) is 0 Å². The van der Waals surface area contributed by atoms with Crippen molar-refractivity contribution in [1.82, 2.24) is 10.2 Å². The molecule has 2 rings (SSSR count). The molecule has 3 unspecified atom stereocenters. The number of unbranched alkanes of at least 4 members (excludes halogenated alkanes) is 3. The molecule has 0 fully saturated rings. The second-order valence-corrected chi connectivity index (χ2v) is 11.5. The van der Waals surface area contributed by atoms with E-state index < -0.39 is 23.8 Å². The Morgan fingerprint density at radius 2 is 1.62 bits per heavy atom. The molecule has 0 bridgehead atoms. The summed E-state index contributed by atoms with van der Waals surface area (Å²) in [4.78, 5) is 42.9. The second-order valence-electron chi connectivity index (χ2n) is 11.5. The quantitative estimate of drug-likeness (QED) is 0.192. The molecule has 0 saturated heterocycles. The number of hydrogen-bond donors (Lipinski definition) is 2. The summed E-state index contributed by atoms with van der Waals surface area (Å²) >= 11 is 0. The molecule has 2 N–H and O–H groups in total. The summed E-state index contributed by atoms with van der Waals surface area (Å²) in [5, 5.41) is 5.78. The van der Waals surface area contributed by atoms with Crippen LogP contribution in [0.1, 0.15) is 90.8 Å². The zero-order valence-corrected chi connectivity index (χ0v) is 26.2. The van der Waals surface area contributed by atoms with Crippen molar-refractivity contribution < 1.29 is 23.9 Å². The number of amides is 3.